The summed E-state index contributed by atoms with van der Waals surface area (Å²) in [7, 11) is -4.60. The Morgan fingerprint density at radius 2 is 2.00 bits per heavy atom. The lowest BCUT2D eigenvalue weighted by molar-refractivity contribution is -1.14. The molecular formula is C16H30N3O7S3+. The van der Waals surface area contributed by atoms with Crippen LogP contribution in [0.5, 0.6) is 0 Å². The van der Waals surface area contributed by atoms with Crippen LogP contribution in [0.15, 0.2) is 14.5 Å². The second kappa shape index (κ2) is 9.14. The molecule has 0 fully saturated rings. The van der Waals surface area contributed by atoms with Crippen molar-refractivity contribution in [1.29, 1.82) is 0 Å². The minimum Gasteiger partial charge on any atom is -0.382 e. The first-order valence-electron chi connectivity index (χ1n) is 9.16. The number of ether oxygens (including phenoxy) is 2. The largest absolute Gasteiger partial charge is 0.382 e. The predicted molar refractivity (Wildman–Crippen MR) is 109 cm³/mol. The van der Waals surface area contributed by atoms with E-state index in [0.717, 1.165) is 0 Å². The summed E-state index contributed by atoms with van der Waals surface area (Å²) in [4.78, 5) is 6.05. The van der Waals surface area contributed by atoms with Gasteiger partial charge in [-0.3, -0.25) is 0 Å². The zero-order valence-corrected chi connectivity index (χ0v) is 19.7. The van der Waals surface area contributed by atoms with E-state index in [0.29, 0.717) is 24.4 Å². The maximum atomic E-state index is 13.1. The minimum atomic E-state index is -3.97. The molecule has 0 aromatic carbocycles. The van der Waals surface area contributed by atoms with E-state index in [1.807, 2.05) is 13.8 Å². The van der Waals surface area contributed by atoms with Crippen LogP contribution in [0.4, 0.5) is 5.69 Å². The average Bonchev–Trinajstić information content (AvgIpc) is 3.11. The van der Waals surface area contributed by atoms with E-state index < -0.39 is 31.4 Å². The van der Waals surface area contributed by atoms with Gasteiger partial charge in [-0.15, -0.1) is 11.3 Å². The lowest BCUT2D eigenvalue weighted by Gasteiger charge is -2.40. The Morgan fingerprint density at radius 1 is 1.34 bits per heavy atom. The van der Waals surface area contributed by atoms with Crippen LogP contribution < -0.4 is 10.5 Å². The average molecular weight is 473 g/mol. The number of anilines is 1. The summed E-state index contributed by atoms with van der Waals surface area (Å²) < 4.78 is 60.0. The van der Waals surface area contributed by atoms with Crippen molar-refractivity contribution in [3.8, 4) is 0 Å². The van der Waals surface area contributed by atoms with Crippen LogP contribution in [0.2, 0.25) is 0 Å². The first-order chi connectivity index (χ1) is 13.4. The molecule has 3 N–H and O–H groups in total. The number of hydrogen-bond donors (Lipinski definition) is 2. The lowest BCUT2D eigenvalue weighted by Crippen LogP contribution is -2.58. The van der Waals surface area contributed by atoms with Crippen LogP contribution in [0.1, 0.15) is 27.2 Å². The molecule has 4 atom stereocenters. The minimum absolute atomic E-state index is 0.00154. The fourth-order valence-electron chi connectivity index (χ4n) is 3.27. The summed E-state index contributed by atoms with van der Waals surface area (Å²) >= 11 is 0.673. The molecule has 0 aliphatic carbocycles. The van der Waals surface area contributed by atoms with Crippen molar-refractivity contribution in [2.75, 3.05) is 39.2 Å². The molecule has 2 heterocycles. The number of thiophene rings is 1. The topological polar surface area (TPSA) is 134 Å². The molecule has 0 saturated heterocycles. The molecule has 0 radical (unpaired) electrons. The summed E-state index contributed by atoms with van der Waals surface area (Å²) in [6, 6.07) is 1.27. The molecule has 168 valence electrons. The molecule has 0 spiro atoms. The molecule has 1 aromatic heterocycles. The second-order valence-corrected chi connectivity index (χ2v) is 12.1. The third-order valence-corrected chi connectivity index (χ3v) is 10.5. The Morgan fingerprint density at radius 3 is 2.52 bits per heavy atom. The Labute approximate surface area is 176 Å². The molecule has 10 nitrogen and oxygen atoms in total. The monoisotopic (exact) mass is 472 g/mol. The van der Waals surface area contributed by atoms with Gasteiger partial charge in [-0.25, -0.2) is 22.0 Å². The number of rotatable bonds is 10. The van der Waals surface area contributed by atoms with E-state index in [4.69, 9.17) is 19.5 Å². The zero-order valence-electron chi connectivity index (χ0n) is 17.2. The molecule has 1 aromatic rings. The van der Waals surface area contributed by atoms with Gasteiger partial charge in [0.15, 0.2) is 9.84 Å². The molecule has 4 unspecified atom stereocenters. The number of fused-ring (bicyclic) bond motifs is 1. The van der Waals surface area contributed by atoms with Crippen molar-refractivity contribution in [2.24, 2.45) is 5.14 Å². The summed E-state index contributed by atoms with van der Waals surface area (Å²) in [5.74, 6) is 0. The molecule has 0 amide bonds. The normalized spacial score (nSPS) is 22.9. The number of sulfone groups is 1. The Kier molecular flexibility index (Phi) is 7.71. The number of methoxy groups -OCH3 is 2. The first kappa shape index (κ1) is 24.5. The van der Waals surface area contributed by atoms with Crippen molar-refractivity contribution >= 4 is 36.9 Å². The molecule has 29 heavy (non-hydrogen) atoms. The fourth-order valence-corrected chi connectivity index (χ4v) is 7.63. The quantitative estimate of drug-likeness (QED) is 0.294. The van der Waals surface area contributed by atoms with Crippen LogP contribution in [0.3, 0.4) is 0 Å². The molecular weight excluding hydrogens is 442 g/mol. The van der Waals surface area contributed by atoms with Crippen LogP contribution in [0, 0.1) is 0 Å². The lowest BCUT2D eigenvalue weighted by atomic mass is 10.2. The van der Waals surface area contributed by atoms with Crippen LogP contribution in [-0.4, -0.2) is 73.1 Å². The van der Waals surface area contributed by atoms with Gasteiger partial charge in [0.1, 0.15) is 21.5 Å². The van der Waals surface area contributed by atoms with Gasteiger partial charge in [0, 0.05) is 34.1 Å². The highest BCUT2D eigenvalue weighted by atomic mass is 32.3. The SMILES string of the molecule is CC[N+](CCC1CNc2cc(S(N)(=O)=O)sc2S1(=O)=O)(OC(C)OC)C(C)OC. The summed E-state index contributed by atoms with van der Waals surface area (Å²) in [6.45, 7) is 6.63. The Bertz CT molecular complexity index is 916. The smallest absolute Gasteiger partial charge is 0.247 e. The number of nitrogens with one attached hydrogen (secondary N) is 1. The van der Waals surface area contributed by atoms with E-state index in [2.05, 4.69) is 5.32 Å². The molecule has 0 bridgehead atoms. The Balaban J connectivity index is 2.28. The number of sulfonamides is 1. The van der Waals surface area contributed by atoms with Gasteiger partial charge >= 0.3 is 0 Å². The van der Waals surface area contributed by atoms with Crippen molar-refractivity contribution in [3.05, 3.63) is 6.07 Å². The summed E-state index contributed by atoms with van der Waals surface area (Å²) in [5.41, 5.74) is 0.279. The standard InChI is InChI=1S/C16H30N3O7S3/c1-6-19(11(2)24-4,26-12(3)25-5)8-7-13-10-18-14-9-15(29(17,22)23)27-16(14)28(13,20)21/h9,11-13,18H,6-8,10H2,1-5H3,(H2,17,22,23)/q+1. The maximum Gasteiger partial charge on any atom is 0.247 e. The molecule has 0 saturated carbocycles. The highest BCUT2D eigenvalue weighted by molar-refractivity contribution is 7.95. The highest BCUT2D eigenvalue weighted by Gasteiger charge is 2.42. The van der Waals surface area contributed by atoms with Crippen molar-refractivity contribution in [1.82, 2.24) is 0 Å². The van der Waals surface area contributed by atoms with Crippen LogP contribution in [0.25, 0.3) is 0 Å². The highest BCUT2D eigenvalue weighted by Crippen LogP contribution is 2.39. The molecule has 1 aliphatic rings. The number of primary sulfonamides is 1. The molecule has 13 heteroatoms. The van der Waals surface area contributed by atoms with Crippen molar-refractivity contribution < 1.29 is 35.8 Å². The van der Waals surface area contributed by atoms with Crippen LogP contribution >= 0.6 is 11.3 Å². The summed E-state index contributed by atoms with van der Waals surface area (Å²) in [5, 5.41) is 7.43. The molecule has 2 rings (SSSR count). The van der Waals surface area contributed by atoms with Crippen molar-refractivity contribution in [3.63, 3.8) is 0 Å². The number of hydroxylamine groups is 3. The summed E-state index contributed by atoms with van der Waals surface area (Å²) in [6.07, 6.45) is -0.562. The van der Waals surface area contributed by atoms with Gasteiger partial charge in [0.2, 0.25) is 22.5 Å². The van der Waals surface area contributed by atoms with Gasteiger partial charge in [-0.2, -0.15) is 9.48 Å². The Hall–Kier alpha value is -0.800. The number of hydrogen-bond acceptors (Lipinski definition) is 9. The van der Waals surface area contributed by atoms with Gasteiger partial charge in [-0.1, -0.05) is 0 Å². The predicted octanol–water partition coefficient (Wildman–Crippen LogP) is 1.11. The van der Waals surface area contributed by atoms with E-state index in [9.17, 15) is 16.8 Å². The van der Waals surface area contributed by atoms with Gasteiger partial charge < -0.3 is 14.8 Å². The van der Waals surface area contributed by atoms with Crippen molar-refractivity contribution in [2.45, 2.75) is 53.4 Å². The number of quaternary nitrogens is 1. The maximum absolute atomic E-state index is 13.1. The number of nitrogens with zero attached hydrogens (tertiary/aromatic N) is 1. The zero-order chi connectivity index (χ0) is 22.0. The first-order valence-corrected chi connectivity index (χ1v) is 13.1. The van der Waals surface area contributed by atoms with E-state index >= 15 is 0 Å². The van der Waals surface area contributed by atoms with E-state index in [1.165, 1.54) is 13.2 Å². The van der Waals surface area contributed by atoms with Gasteiger partial charge in [-0.05, 0) is 19.9 Å². The third-order valence-electron chi connectivity index (χ3n) is 5.23. The fraction of sp³-hybridized carbons (Fsp3) is 0.750. The van der Waals surface area contributed by atoms with Gasteiger partial charge in [0.25, 0.3) is 0 Å². The second-order valence-electron chi connectivity index (χ2n) is 6.88. The van der Waals surface area contributed by atoms with E-state index in [1.54, 1.807) is 14.0 Å². The van der Waals surface area contributed by atoms with Gasteiger partial charge in [0.05, 0.1) is 10.9 Å². The van der Waals surface area contributed by atoms with E-state index in [-0.39, 0.29) is 37.9 Å². The number of nitrogens with two attached hydrogens (primary N) is 1. The molecule has 1 aliphatic heterocycles. The third kappa shape index (κ3) is 5.10. The van der Waals surface area contributed by atoms with Crippen LogP contribution in [-0.2, 0) is 34.2 Å².